The lowest BCUT2D eigenvalue weighted by Gasteiger charge is -2.17. The minimum Gasteiger partial charge on any atom is -0.367 e. The summed E-state index contributed by atoms with van der Waals surface area (Å²) < 4.78 is 5.13. The number of pyridine rings is 1. The van der Waals surface area contributed by atoms with Gasteiger partial charge in [0.15, 0.2) is 0 Å². The lowest BCUT2D eigenvalue weighted by atomic mass is 10.2. The van der Waals surface area contributed by atoms with Gasteiger partial charge in [0.1, 0.15) is 11.6 Å². The van der Waals surface area contributed by atoms with Crippen LogP contribution in [0.1, 0.15) is 40.2 Å². The summed E-state index contributed by atoms with van der Waals surface area (Å²) >= 11 is 0. The summed E-state index contributed by atoms with van der Waals surface area (Å²) in [6, 6.07) is 4.22. The van der Waals surface area contributed by atoms with Crippen molar-refractivity contribution in [1.29, 1.82) is 0 Å². The van der Waals surface area contributed by atoms with Crippen LogP contribution in [0, 0.1) is 13.8 Å². The molecule has 1 fully saturated rings. The van der Waals surface area contributed by atoms with E-state index in [1.54, 1.807) is 18.1 Å². The van der Waals surface area contributed by atoms with Crippen molar-refractivity contribution in [3.05, 3.63) is 40.9 Å². The molecule has 3 rings (SSSR count). The van der Waals surface area contributed by atoms with Crippen LogP contribution in [0.15, 0.2) is 22.9 Å². The predicted molar refractivity (Wildman–Crippen MR) is 82.7 cm³/mol. The summed E-state index contributed by atoms with van der Waals surface area (Å²) in [5.74, 6) is 1.51. The molecule has 1 aliphatic carbocycles. The number of hydrogen-bond acceptors (Lipinski definition) is 5. The second-order valence-electron chi connectivity index (χ2n) is 5.81. The lowest BCUT2D eigenvalue weighted by Crippen LogP contribution is -2.26. The van der Waals surface area contributed by atoms with Gasteiger partial charge in [-0.25, -0.2) is 4.98 Å². The molecule has 22 heavy (non-hydrogen) atoms. The summed E-state index contributed by atoms with van der Waals surface area (Å²) in [5.41, 5.74) is 2.35. The smallest absolute Gasteiger partial charge is 0.255 e. The summed E-state index contributed by atoms with van der Waals surface area (Å²) in [7, 11) is 1.77. The van der Waals surface area contributed by atoms with E-state index in [4.69, 9.17) is 4.52 Å². The van der Waals surface area contributed by atoms with Crippen molar-refractivity contribution in [3.8, 4) is 0 Å². The van der Waals surface area contributed by atoms with Gasteiger partial charge in [-0.3, -0.25) is 4.79 Å². The largest absolute Gasteiger partial charge is 0.367 e. The Morgan fingerprint density at radius 2 is 2.18 bits per heavy atom. The van der Waals surface area contributed by atoms with Crippen LogP contribution in [-0.4, -0.2) is 34.0 Å². The number of hydrogen-bond donors (Lipinski definition) is 1. The Kier molecular flexibility index (Phi) is 3.83. The van der Waals surface area contributed by atoms with Crippen LogP contribution in [-0.2, 0) is 6.54 Å². The Morgan fingerprint density at radius 3 is 2.73 bits per heavy atom. The molecule has 0 spiro atoms. The van der Waals surface area contributed by atoms with E-state index >= 15 is 0 Å². The first-order valence-corrected chi connectivity index (χ1v) is 7.44. The zero-order valence-electron chi connectivity index (χ0n) is 13.1. The third-order valence-corrected chi connectivity index (χ3v) is 3.86. The van der Waals surface area contributed by atoms with Gasteiger partial charge >= 0.3 is 0 Å². The first-order chi connectivity index (χ1) is 10.5. The van der Waals surface area contributed by atoms with Crippen LogP contribution in [0.4, 0.5) is 5.82 Å². The Labute approximate surface area is 129 Å². The van der Waals surface area contributed by atoms with Crippen molar-refractivity contribution in [2.75, 3.05) is 12.4 Å². The van der Waals surface area contributed by atoms with Crippen molar-refractivity contribution >= 4 is 11.7 Å². The fraction of sp³-hybridized carbons (Fsp3) is 0.438. The summed E-state index contributed by atoms with van der Waals surface area (Å²) in [6.07, 6.45) is 4.02. The van der Waals surface area contributed by atoms with E-state index in [0.29, 0.717) is 18.2 Å². The number of aromatic nitrogens is 2. The highest BCUT2D eigenvalue weighted by atomic mass is 16.5. The average molecular weight is 300 g/mol. The first-order valence-electron chi connectivity index (χ1n) is 7.44. The summed E-state index contributed by atoms with van der Waals surface area (Å²) in [6.45, 7) is 4.21. The van der Waals surface area contributed by atoms with Crippen LogP contribution in [0.3, 0.4) is 0 Å². The lowest BCUT2D eigenvalue weighted by molar-refractivity contribution is 0.0784. The molecular weight excluding hydrogens is 280 g/mol. The highest BCUT2D eigenvalue weighted by Gasteiger charge is 2.21. The number of nitrogens with one attached hydrogen (secondary N) is 1. The van der Waals surface area contributed by atoms with E-state index in [-0.39, 0.29) is 5.91 Å². The Morgan fingerprint density at radius 1 is 1.41 bits per heavy atom. The number of carbonyl (C=O) groups excluding carboxylic acids is 1. The standard InChI is InChI=1S/C16H20N4O2/c1-10-14(11(2)22-19-10)9-20(3)16(21)12-4-7-15(17-8-12)18-13-5-6-13/h4,7-8,13H,5-6,9H2,1-3H3,(H,17,18). The molecule has 2 heterocycles. The minimum atomic E-state index is -0.0644. The first kappa shape index (κ1) is 14.6. The molecule has 2 aromatic rings. The van der Waals surface area contributed by atoms with E-state index in [9.17, 15) is 4.79 Å². The fourth-order valence-corrected chi connectivity index (χ4v) is 2.30. The number of amides is 1. The van der Waals surface area contributed by atoms with E-state index in [1.807, 2.05) is 26.0 Å². The molecule has 6 heteroatoms. The average Bonchev–Trinajstić information content (AvgIpc) is 3.28. The van der Waals surface area contributed by atoms with Gasteiger partial charge in [0.05, 0.1) is 17.8 Å². The van der Waals surface area contributed by atoms with Gasteiger partial charge in [-0.15, -0.1) is 0 Å². The van der Waals surface area contributed by atoms with Gasteiger partial charge < -0.3 is 14.7 Å². The molecule has 6 nitrogen and oxygen atoms in total. The molecular formula is C16H20N4O2. The molecule has 1 aliphatic rings. The van der Waals surface area contributed by atoms with Crippen LogP contribution >= 0.6 is 0 Å². The molecule has 0 atom stereocenters. The third-order valence-electron chi connectivity index (χ3n) is 3.86. The molecule has 0 aliphatic heterocycles. The quantitative estimate of drug-likeness (QED) is 0.918. The van der Waals surface area contributed by atoms with Gasteiger partial charge in [0, 0.05) is 24.8 Å². The molecule has 0 radical (unpaired) electrons. The molecule has 0 aromatic carbocycles. The van der Waals surface area contributed by atoms with Crippen LogP contribution in [0.5, 0.6) is 0 Å². The van der Waals surface area contributed by atoms with Crippen molar-refractivity contribution in [1.82, 2.24) is 15.0 Å². The number of anilines is 1. The van der Waals surface area contributed by atoms with Gasteiger partial charge in [-0.2, -0.15) is 0 Å². The monoisotopic (exact) mass is 300 g/mol. The van der Waals surface area contributed by atoms with Gasteiger partial charge in [-0.05, 0) is 38.8 Å². The highest BCUT2D eigenvalue weighted by Crippen LogP contribution is 2.23. The molecule has 1 amide bonds. The van der Waals surface area contributed by atoms with Crippen LogP contribution < -0.4 is 5.32 Å². The predicted octanol–water partition coefficient (Wildman–Crippen LogP) is 2.53. The Bertz CT molecular complexity index is 654. The number of nitrogens with zero attached hydrogens (tertiary/aromatic N) is 3. The summed E-state index contributed by atoms with van der Waals surface area (Å²) in [5, 5.41) is 7.22. The molecule has 116 valence electrons. The minimum absolute atomic E-state index is 0.0644. The second-order valence-corrected chi connectivity index (χ2v) is 5.81. The molecule has 0 unspecified atom stereocenters. The molecule has 2 aromatic heterocycles. The van der Waals surface area contributed by atoms with Crippen molar-refractivity contribution in [2.45, 2.75) is 39.3 Å². The van der Waals surface area contributed by atoms with Crippen LogP contribution in [0.25, 0.3) is 0 Å². The van der Waals surface area contributed by atoms with Gasteiger partial charge in [-0.1, -0.05) is 5.16 Å². The van der Waals surface area contributed by atoms with E-state index in [2.05, 4.69) is 15.5 Å². The number of aryl methyl sites for hydroxylation is 2. The fourth-order valence-electron chi connectivity index (χ4n) is 2.30. The maximum Gasteiger partial charge on any atom is 0.255 e. The molecule has 1 N–H and O–H groups in total. The molecule has 1 saturated carbocycles. The maximum atomic E-state index is 12.5. The van der Waals surface area contributed by atoms with E-state index < -0.39 is 0 Å². The zero-order chi connectivity index (χ0) is 15.7. The Balaban J connectivity index is 1.67. The molecule has 0 saturated heterocycles. The third kappa shape index (κ3) is 3.10. The second kappa shape index (κ2) is 5.79. The normalized spacial score (nSPS) is 14.0. The highest BCUT2D eigenvalue weighted by molar-refractivity contribution is 5.93. The van der Waals surface area contributed by atoms with Crippen molar-refractivity contribution in [3.63, 3.8) is 0 Å². The summed E-state index contributed by atoms with van der Waals surface area (Å²) in [4.78, 5) is 18.4. The zero-order valence-corrected chi connectivity index (χ0v) is 13.1. The van der Waals surface area contributed by atoms with Gasteiger partial charge in [0.25, 0.3) is 5.91 Å². The maximum absolute atomic E-state index is 12.5. The molecule has 0 bridgehead atoms. The van der Waals surface area contributed by atoms with Gasteiger partial charge in [0.2, 0.25) is 0 Å². The van der Waals surface area contributed by atoms with Crippen molar-refractivity contribution in [2.24, 2.45) is 0 Å². The van der Waals surface area contributed by atoms with E-state index in [0.717, 1.165) is 22.8 Å². The van der Waals surface area contributed by atoms with E-state index in [1.165, 1.54) is 12.8 Å². The topological polar surface area (TPSA) is 71.3 Å². The van der Waals surface area contributed by atoms with Crippen molar-refractivity contribution < 1.29 is 9.32 Å². The SMILES string of the molecule is Cc1noc(C)c1CN(C)C(=O)c1ccc(NC2CC2)nc1. The Hall–Kier alpha value is -2.37. The number of carbonyl (C=O) groups is 1. The van der Waals surface area contributed by atoms with Crippen LogP contribution in [0.2, 0.25) is 0 Å². The number of rotatable bonds is 5.